The maximum Gasteiger partial charge on any atom is 0.317 e. The predicted molar refractivity (Wildman–Crippen MR) is 80.2 cm³/mol. The fraction of sp³-hybridized carbons (Fsp3) is 0.867. The van der Waals surface area contributed by atoms with E-state index in [1.54, 1.807) is 0 Å². The highest BCUT2D eigenvalue weighted by molar-refractivity contribution is 5.74. The number of amides is 2. The summed E-state index contributed by atoms with van der Waals surface area (Å²) >= 11 is 0. The second-order valence-electron chi connectivity index (χ2n) is 6.49. The first-order chi connectivity index (χ1) is 10.0. The molecule has 2 unspecified atom stereocenters. The maximum absolute atomic E-state index is 12.1. The zero-order valence-electron chi connectivity index (χ0n) is 12.9. The van der Waals surface area contributed by atoms with E-state index in [1.807, 2.05) is 4.90 Å². The summed E-state index contributed by atoms with van der Waals surface area (Å²) < 4.78 is 0. The molecule has 0 radical (unpaired) electrons. The number of likely N-dealkylation sites (tertiary alicyclic amines) is 2. The Hall–Kier alpha value is -1.30. The third-order valence-electron chi connectivity index (χ3n) is 4.60. The molecular formula is C15H27N3O3. The average molecular weight is 297 g/mol. The van der Waals surface area contributed by atoms with E-state index in [0.29, 0.717) is 24.8 Å². The number of carboxylic acids is 1. The van der Waals surface area contributed by atoms with E-state index >= 15 is 0 Å². The molecule has 2 aliphatic rings. The topological polar surface area (TPSA) is 72.9 Å². The minimum absolute atomic E-state index is 0.0149. The van der Waals surface area contributed by atoms with Crippen molar-refractivity contribution in [2.24, 2.45) is 11.8 Å². The molecule has 0 aromatic rings. The second kappa shape index (κ2) is 7.64. The van der Waals surface area contributed by atoms with E-state index in [9.17, 15) is 9.59 Å². The second-order valence-corrected chi connectivity index (χ2v) is 6.49. The van der Waals surface area contributed by atoms with Crippen LogP contribution in [-0.2, 0) is 4.79 Å². The van der Waals surface area contributed by atoms with Gasteiger partial charge in [0.2, 0.25) is 0 Å². The van der Waals surface area contributed by atoms with E-state index < -0.39 is 5.97 Å². The van der Waals surface area contributed by atoms with Crippen LogP contribution >= 0.6 is 0 Å². The summed E-state index contributed by atoms with van der Waals surface area (Å²) in [6.45, 7) is 4.41. The van der Waals surface area contributed by atoms with Gasteiger partial charge < -0.3 is 20.2 Å². The molecule has 2 atom stereocenters. The molecule has 0 bridgehead atoms. The summed E-state index contributed by atoms with van der Waals surface area (Å²) in [5.41, 5.74) is 0. The summed E-state index contributed by atoms with van der Waals surface area (Å²) in [4.78, 5) is 26.9. The molecule has 6 nitrogen and oxygen atoms in total. The molecule has 120 valence electrons. The van der Waals surface area contributed by atoms with Crippen LogP contribution in [0.3, 0.4) is 0 Å². The van der Waals surface area contributed by atoms with Crippen LogP contribution in [0, 0.1) is 11.8 Å². The monoisotopic (exact) mass is 297 g/mol. The number of hydrogen-bond donors (Lipinski definition) is 2. The highest BCUT2D eigenvalue weighted by Crippen LogP contribution is 2.21. The molecule has 0 aromatic heterocycles. The fourth-order valence-electron chi connectivity index (χ4n) is 3.36. The van der Waals surface area contributed by atoms with Gasteiger partial charge in [0.1, 0.15) is 0 Å². The van der Waals surface area contributed by atoms with Crippen molar-refractivity contribution in [3.8, 4) is 0 Å². The summed E-state index contributed by atoms with van der Waals surface area (Å²) in [6, 6.07) is 0.0149. The van der Waals surface area contributed by atoms with Crippen molar-refractivity contribution in [1.29, 1.82) is 0 Å². The third kappa shape index (κ3) is 5.19. The van der Waals surface area contributed by atoms with E-state index in [4.69, 9.17) is 5.11 Å². The number of nitrogens with one attached hydrogen (secondary N) is 1. The molecule has 21 heavy (non-hydrogen) atoms. The van der Waals surface area contributed by atoms with Gasteiger partial charge >= 0.3 is 12.0 Å². The maximum atomic E-state index is 12.1. The fourth-order valence-corrected chi connectivity index (χ4v) is 3.36. The predicted octanol–water partition coefficient (Wildman–Crippen LogP) is 1.22. The molecule has 2 fully saturated rings. The van der Waals surface area contributed by atoms with Crippen LogP contribution in [0.15, 0.2) is 0 Å². The molecule has 0 aliphatic carbocycles. The Balaban J connectivity index is 1.66. The van der Waals surface area contributed by atoms with Gasteiger partial charge in [-0.2, -0.15) is 0 Å². The zero-order chi connectivity index (χ0) is 15.2. The molecule has 2 aliphatic heterocycles. The lowest BCUT2D eigenvalue weighted by Gasteiger charge is -2.30. The molecule has 2 rings (SSSR count). The average Bonchev–Trinajstić information content (AvgIpc) is 2.91. The Morgan fingerprint density at radius 1 is 1.19 bits per heavy atom. The Bertz CT molecular complexity index is 375. The number of hydrogen-bond acceptors (Lipinski definition) is 3. The number of nitrogens with zero attached hydrogens (tertiary/aromatic N) is 2. The lowest BCUT2D eigenvalue weighted by molar-refractivity contribution is -0.137. The summed E-state index contributed by atoms with van der Waals surface area (Å²) in [6.07, 6.45) is 4.19. The number of carboxylic acid groups (broad SMARTS) is 1. The van der Waals surface area contributed by atoms with Crippen molar-refractivity contribution in [3.05, 3.63) is 0 Å². The van der Waals surface area contributed by atoms with Gasteiger partial charge in [0, 0.05) is 32.6 Å². The van der Waals surface area contributed by atoms with Gasteiger partial charge in [0.25, 0.3) is 0 Å². The Kier molecular flexibility index (Phi) is 5.85. The highest BCUT2D eigenvalue weighted by atomic mass is 16.4. The number of aliphatic carboxylic acids is 1. The normalized spacial score (nSPS) is 26.8. The van der Waals surface area contributed by atoms with Gasteiger partial charge in [-0.25, -0.2) is 4.79 Å². The molecular weight excluding hydrogens is 270 g/mol. The van der Waals surface area contributed by atoms with E-state index in [2.05, 4.69) is 17.3 Å². The van der Waals surface area contributed by atoms with E-state index in [0.717, 1.165) is 32.6 Å². The molecule has 2 saturated heterocycles. The van der Waals surface area contributed by atoms with Crippen LogP contribution in [0.4, 0.5) is 4.79 Å². The lowest BCUT2D eigenvalue weighted by Crippen LogP contribution is -2.43. The Morgan fingerprint density at radius 2 is 2.00 bits per heavy atom. The van der Waals surface area contributed by atoms with Crippen LogP contribution in [0.2, 0.25) is 0 Å². The Labute approximate surface area is 126 Å². The first-order valence-corrected chi connectivity index (χ1v) is 7.97. The van der Waals surface area contributed by atoms with Gasteiger partial charge in [-0.3, -0.25) is 4.79 Å². The molecule has 0 saturated carbocycles. The summed E-state index contributed by atoms with van der Waals surface area (Å²) in [5, 5.41) is 11.7. The van der Waals surface area contributed by atoms with Crippen LogP contribution in [-0.4, -0.2) is 66.7 Å². The number of carbonyl (C=O) groups excluding carboxylic acids is 1. The molecule has 6 heteroatoms. The third-order valence-corrected chi connectivity index (χ3v) is 4.60. The molecule has 0 aromatic carbocycles. The lowest BCUT2D eigenvalue weighted by atomic mass is 9.99. The minimum Gasteiger partial charge on any atom is -0.481 e. The van der Waals surface area contributed by atoms with Crippen molar-refractivity contribution in [1.82, 2.24) is 15.1 Å². The van der Waals surface area contributed by atoms with Crippen LogP contribution < -0.4 is 5.32 Å². The van der Waals surface area contributed by atoms with Gasteiger partial charge in [-0.15, -0.1) is 0 Å². The zero-order valence-corrected chi connectivity index (χ0v) is 12.9. The molecule has 2 N–H and O–H groups in total. The van der Waals surface area contributed by atoms with Crippen LogP contribution in [0.5, 0.6) is 0 Å². The standard InChI is InChI=1S/C15H27N3O3/c1-17-7-2-3-13(10-17)9-16-15(21)18-8-6-12(11-18)4-5-14(19)20/h12-13H,2-11H2,1H3,(H,16,21)(H,19,20). The first-order valence-electron chi connectivity index (χ1n) is 7.97. The SMILES string of the molecule is CN1CCCC(CNC(=O)N2CCC(CCC(=O)O)C2)C1. The van der Waals surface area contributed by atoms with Crippen LogP contribution in [0.1, 0.15) is 32.1 Å². The van der Waals surface area contributed by atoms with Crippen molar-refractivity contribution in [3.63, 3.8) is 0 Å². The largest absolute Gasteiger partial charge is 0.481 e. The van der Waals surface area contributed by atoms with Crippen molar-refractivity contribution in [2.75, 3.05) is 39.8 Å². The highest BCUT2D eigenvalue weighted by Gasteiger charge is 2.27. The molecule has 2 amide bonds. The molecule has 2 heterocycles. The summed E-state index contributed by atoms with van der Waals surface area (Å²) in [5.74, 6) is 0.144. The van der Waals surface area contributed by atoms with Gasteiger partial charge in [0.05, 0.1) is 0 Å². The smallest absolute Gasteiger partial charge is 0.317 e. The van der Waals surface area contributed by atoms with Crippen molar-refractivity contribution in [2.45, 2.75) is 32.1 Å². The quantitative estimate of drug-likeness (QED) is 0.800. The number of piperidine rings is 1. The van der Waals surface area contributed by atoms with Crippen molar-refractivity contribution >= 4 is 12.0 Å². The van der Waals surface area contributed by atoms with E-state index in [-0.39, 0.29) is 12.5 Å². The Morgan fingerprint density at radius 3 is 2.71 bits per heavy atom. The number of urea groups is 1. The van der Waals surface area contributed by atoms with Gasteiger partial charge in [-0.05, 0) is 51.1 Å². The first kappa shape index (κ1) is 16.1. The van der Waals surface area contributed by atoms with Gasteiger partial charge in [0.15, 0.2) is 0 Å². The van der Waals surface area contributed by atoms with Crippen LogP contribution in [0.25, 0.3) is 0 Å². The summed E-state index contributed by atoms with van der Waals surface area (Å²) in [7, 11) is 2.13. The van der Waals surface area contributed by atoms with E-state index in [1.165, 1.54) is 12.8 Å². The van der Waals surface area contributed by atoms with Gasteiger partial charge in [-0.1, -0.05) is 0 Å². The minimum atomic E-state index is -0.751. The number of rotatable bonds is 5. The molecule has 0 spiro atoms. The number of carbonyl (C=O) groups is 2. The van der Waals surface area contributed by atoms with Crippen molar-refractivity contribution < 1.29 is 14.7 Å².